The standard InChI is InChI=1S/C13H21N3O/c14-8-4-12(17)16-9-6-13(7-10-16)5-2-1-3-11(13)15/h11H,1-7,9-10,15H2. The third kappa shape index (κ3) is 2.44. The highest BCUT2D eigenvalue weighted by molar-refractivity contribution is 5.78. The molecule has 4 nitrogen and oxygen atoms in total. The molecule has 1 amide bonds. The van der Waals surface area contributed by atoms with E-state index in [-0.39, 0.29) is 17.7 Å². The summed E-state index contributed by atoms with van der Waals surface area (Å²) in [6.45, 7) is 1.57. The van der Waals surface area contributed by atoms with Crippen LogP contribution in [0.2, 0.25) is 0 Å². The van der Waals surface area contributed by atoms with E-state index in [1.165, 1.54) is 19.3 Å². The summed E-state index contributed by atoms with van der Waals surface area (Å²) in [4.78, 5) is 13.5. The van der Waals surface area contributed by atoms with Crippen LogP contribution < -0.4 is 5.73 Å². The maximum absolute atomic E-state index is 11.6. The Bertz CT molecular complexity index is 326. The minimum Gasteiger partial charge on any atom is -0.342 e. The molecule has 2 aliphatic rings. The number of piperidine rings is 1. The molecule has 0 aromatic heterocycles. The van der Waals surface area contributed by atoms with Gasteiger partial charge in [0.2, 0.25) is 5.91 Å². The van der Waals surface area contributed by atoms with Gasteiger partial charge in [0, 0.05) is 19.1 Å². The molecule has 94 valence electrons. The molecule has 0 radical (unpaired) electrons. The van der Waals surface area contributed by atoms with Crippen molar-refractivity contribution in [3.05, 3.63) is 0 Å². The topological polar surface area (TPSA) is 70.1 Å². The van der Waals surface area contributed by atoms with E-state index in [2.05, 4.69) is 0 Å². The third-order valence-corrected chi connectivity index (χ3v) is 4.57. The number of carbonyl (C=O) groups excluding carboxylic acids is 1. The largest absolute Gasteiger partial charge is 0.342 e. The highest BCUT2D eigenvalue weighted by Gasteiger charge is 2.41. The van der Waals surface area contributed by atoms with Crippen molar-refractivity contribution in [1.29, 1.82) is 5.26 Å². The highest BCUT2D eigenvalue weighted by Crippen LogP contribution is 2.43. The van der Waals surface area contributed by atoms with E-state index in [4.69, 9.17) is 11.0 Å². The van der Waals surface area contributed by atoms with Crippen LogP contribution in [-0.4, -0.2) is 29.9 Å². The number of hydrogen-bond donors (Lipinski definition) is 1. The number of nitriles is 1. The summed E-state index contributed by atoms with van der Waals surface area (Å²) in [7, 11) is 0. The number of hydrogen-bond acceptors (Lipinski definition) is 3. The molecule has 2 fully saturated rings. The summed E-state index contributed by atoms with van der Waals surface area (Å²) < 4.78 is 0. The fourth-order valence-electron chi connectivity index (χ4n) is 3.33. The maximum atomic E-state index is 11.6. The number of amides is 1. The van der Waals surface area contributed by atoms with E-state index in [0.29, 0.717) is 6.04 Å². The van der Waals surface area contributed by atoms with Crippen LogP contribution in [0.3, 0.4) is 0 Å². The van der Waals surface area contributed by atoms with Crippen LogP contribution in [0.25, 0.3) is 0 Å². The Morgan fingerprint density at radius 2 is 2.06 bits per heavy atom. The molecule has 1 saturated heterocycles. The van der Waals surface area contributed by atoms with Crippen molar-refractivity contribution in [2.24, 2.45) is 11.1 Å². The minimum absolute atomic E-state index is 0.0129. The molecule has 1 heterocycles. The summed E-state index contributed by atoms with van der Waals surface area (Å²) in [5.74, 6) is -0.0215. The summed E-state index contributed by atoms with van der Waals surface area (Å²) in [6.07, 6.45) is 6.93. The van der Waals surface area contributed by atoms with Gasteiger partial charge in [0.05, 0.1) is 6.07 Å². The van der Waals surface area contributed by atoms with E-state index < -0.39 is 0 Å². The highest BCUT2D eigenvalue weighted by atomic mass is 16.2. The Hall–Kier alpha value is -1.08. The van der Waals surface area contributed by atoms with Crippen molar-refractivity contribution in [3.63, 3.8) is 0 Å². The normalized spacial score (nSPS) is 27.8. The summed E-state index contributed by atoms with van der Waals surface area (Å²) in [5, 5.41) is 8.53. The van der Waals surface area contributed by atoms with E-state index >= 15 is 0 Å². The van der Waals surface area contributed by atoms with Gasteiger partial charge >= 0.3 is 0 Å². The van der Waals surface area contributed by atoms with Gasteiger partial charge in [-0.1, -0.05) is 12.8 Å². The van der Waals surface area contributed by atoms with Crippen molar-refractivity contribution >= 4 is 5.91 Å². The van der Waals surface area contributed by atoms with Gasteiger partial charge in [-0.15, -0.1) is 0 Å². The smallest absolute Gasteiger partial charge is 0.236 e. The zero-order valence-corrected chi connectivity index (χ0v) is 10.3. The molecule has 2 N–H and O–H groups in total. The van der Waals surface area contributed by atoms with Crippen LogP contribution in [0.1, 0.15) is 44.9 Å². The number of rotatable bonds is 1. The van der Waals surface area contributed by atoms with E-state index in [1.54, 1.807) is 0 Å². The summed E-state index contributed by atoms with van der Waals surface area (Å²) in [5.41, 5.74) is 6.55. The third-order valence-electron chi connectivity index (χ3n) is 4.57. The zero-order valence-electron chi connectivity index (χ0n) is 10.3. The first-order valence-corrected chi connectivity index (χ1v) is 6.58. The monoisotopic (exact) mass is 235 g/mol. The first-order valence-electron chi connectivity index (χ1n) is 6.58. The fraction of sp³-hybridized carbons (Fsp3) is 0.846. The van der Waals surface area contributed by atoms with Gasteiger partial charge in [-0.3, -0.25) is 4.79 Å². The van der Waals surface area contributed by atoms with Gasteiger partial charge in [0.1, 0.15) is 6.42 Å². The summed E-state index contributed by atoms with van der Waals surface area (Å²) >= 11 is 0. The predicted octanol–water partition coefficient (Wildman–Crippen LogP) is 1.41. The number of nitrogens with two attached hydrogens (primary N) is 1. The molecule has 1 aliphatic carbocycles. The molecule has 1 aliphatic heterocycles. The quantitative estimate of drug-likeness (QED) is 0.747. The van der Waals surface area contributed by atoms with Gasteiger partial charge < -0.3 is 10.6 Å². The average molecular weight is 235 g/mol. The molecular weight excluding hydrogens is 214 g/mol. The number of nitrogens with zero attached hydrogens (tertiary/aromatic N) is 2. The maximum Gasteiger partial charge on any atom is 0.236 e. The molecule has 0 aromatic carbocycles. The van der Waals surface area contributed by atoms with Crippen LogP contribution in [0, 0.1) is 16.7 Å². The average Bonchev–Trinajstić information content (AvgIpc) is 2.34. The Kier molecular flexibility index (Phi) is 3.68. The lowest BCUT2D eigenvalue weighted by Gasteiger charge is -2.48. The van der Waals surface area contributed by atoms with Crippen molar-refractivity contribution in [3.8, 4) is 6.07 Å². The Morgan fingerprint density at radius 1 is 1.35 bits per heavy atom. The van der Waals surface area contributed by atoms with E-state index in [0.717, 1.165) is 32.4 Å². The Morgan fingerprint density at radius 3 is 2.65 bits per heavy atom. The van der Waals surface area contributed by atoms with Crippen LogP contribution in [0.15, 0.2) is 0 Å². The van der Waals surface area contributed by atoms with Gasteiger partial charge in [-0.05, 0) is 31.1 Å². The molecule has 1 saturated carbocycles. The lowest BCUT2D eigenvalue weighted by atomic mass is 9.65. The Labute approximate surface area is 103 Å². The minimum atomic E-state index is -0.0215. The number of likely N-dealkylation sites (tertiary alicyclic amines) is 1. The van der Waals surface area contributed by atoms with Crippen LogP contribution in [-0.2, 0) is 4.79 Å². The van der Waals surface area contributed by atoms with E-state index in [1.807, 2.05) is 11.0 Å². The molecule has 4 heteroatoms. The molecule has 1 unspecified atom stereocenters. The van der Waals surface area contributed by atoms with Crippen molar-refractivity contribution in [1.82, 2.24) is 4.90 Å². The van der Waals surface area contributed by atoms with Crippen LogP contribution >= 0.6 is 0 Å². The van der Waals surface area contributed by atoms with Gasteiger partial charge in [0.15, 0.2) is 0 Å². The summed E-state index contributed by atoms with van der Waals surface area (Å²) in [6, 6.07) is 2.24. The molecule has 17 heavy (non-hydrogen) atoms. The molecular formula is C13H21N3O. The molecule has 1 atom stereocenters. The first-order chi connectivity index (χ1) is 8.18. The second-order valence-electron chi connectivity index (χ2n) is 5.43. The predicted molar refractivity (Wildman–Crippen MR) is 64.9 cm³/mol. The van der Waals surface area contributed by atoms with Gasteiger partial charge in [-0.2, -0.15) is 5.26 Å². The van der Waals surface area contributed by atoms with Crippen molar-refractivity contribution < 1.29 is 4.79 Å². The zero-order chi connectivity index (χ0) is 12.3. The SMILES string of the molecule is N#CCC(=O)N1CCC2(CCCCC2N)CC1. The molecule has 2 rings (SSSR count). The van der Waals surface area contributed by atoms with E-state index in [9.17, 15) is 4.79 Å². The van der Waals surface area contributed by atoms with Gasteiger partial charge in [-0.25, -0.2) is 0 Å². The lowest BCUT2D eigenvalue weighted by Crippen LogP contribution is -2.52. The molecule has 0 bridgehead atoms. The molecule has 1 spiro atoms. The first kappa shape index (κ1) is 12.4. The van der Waals surface area contributed by atoms with Crippen LogP contribution in [0.5, 0.6) is 0 Å². The lowest BCUT2D eigenvalue weighted by molar-refractivity contribution is -0.133. The van der Waals surface area contributed by atoms with Crippen LogP contribution in [0.4, 0.5) is 0 Å². The van der Waals surface area contributed by atoms with Crippen molar-refractivity contribution in [2.75, 3.05) is 13.1 Å². The number of carbonyl (C=O) groups is 1. The molecule has 0 aromatic rings. The van der Waals surface area contributed by atoms with Crippen molar-refractivity contribution in [2.45, 2.75) is 51.0 Å². The van der Waals surface area contributed by atoms with Gasteiger partial charge in [0.25, 0.3) is 0 Å². The Balaban J connectivity index is 1.93. The fourth-order valence-corrected chi connectivity index (χ4v) is 3.33. The second kappa shape index (κ2) is 5.05. The second-order valence-corrected chi connectivity index (χ2v) is 5.43.